The van der Waals surface area contributed by atoms with Crippen LogP contribution < -0.4 is 14.9 Å². The lowest BCUT2D eigenvalue weighted by Crippen LogP contribution is -2.31. The van der Waals surface area contributed by atoms with Crippen LogP contribution in [0.15, 0.2) is 18.2 Å². The first kappa shape index (κ1) is 13.9. The van der Waals surface area contributed by atoms with Gasteiger partial charge in [0.15, 0.2) is 0 Å². The molecule has 5 heteroatoms. The fraction of sp³-hybridized carbons (Fsp3) is 0.500. The third kappa shape index (κ3) is 4.28. The Bertz CT molecular complexity index is 341. The Hall–Kier alpha value is -1.20. The van der Waals surface area contributed by atoms with Crippen molar-refractivity contribution in [3.8, 4) is 11.5 Å². The summed E-state index contributed by atoms with van der Waals surface area (Å²) < 4.78 is 10.9. The molecule has 0 fully saturated rings. The van der Waals surface area contributed by atoms with Crippen LogP contribution in [-0.4, -0.2) is 30.4 Å². The van der Waals surface area contributed by atoms with Gasteiger partial charge in [-0.15, -0.1) is 0 Å². The SMILES string of the molecule is CCCOc1ccc(B(O)O)c(OCCC)c1. The van der Waals surface area contributed by atoms with Gasteiger partial charge < -0.3 is 19.5 Å². The average molecular weight is 238 g/mol. The second kappa shape index (κ2) is 7.19. The molecule has 1 aromatic carbocycles. The van der Waals surface area contributed by atoms with Crippen molar-refractivity contribution >= 4 is 12.6 Å². The van der Waals surface area contributed by atoms with Gasteiger partial charge in [0, 0.05) is 11.5 Å². The van der Waals surface area contributed by atoms with Crippen molar-refractivity contribution in [3.63, 3.8) is 0 Å². The number of benzene rings is 1. The molecule has 0 aliphatic rings. The highest BCUT2D eigenvalue weighted by molar-refractivity contribution is 6.59. The Kier molecular flexibility index (Phi) is 5.87. The van der Waals surface area contributed by atoms with E-state index >= 15 is 0 Å². The summed E-state index contributed by atoms with van der Waals surface area (Å²) in [5, 5.41) is 18.4. The molecule has 1 aromatic rings. The molecule has 0 aromatic heterocycles. The van der Waals surface area contributed by atoms with E-state index in [2.05, 4.69) is 0 Å². The maximum Gasteiger partial charge on any atom is 0.492 e. The van der Waals surface area contributed by atoms with Crippen LogP contribution in [0.25, 0.3) is 0 Å². The van der Waals surface area contributed by atoms with E-state index in [0.29, 0.717) is 30.2 Å². The summed E-state index contributed by atoms with van der Waals surface area (Å²) in [6.07, 6.45) is 1.79. The zero-order valence-corrected chi connectivity index (χ0v) is 10.3. The van der Waals surface area contributed by atoms with Gasteiger partial charge in [0.2, 0.25) is 0 Å². The van der Waals surface area contributed by atoms with Crippen molar-refractivity contribution in [2.75, 3.05) is 13.2 Å². The molecular formula is C12H19BO4. The normalized spacial score (nSPS) is 10.1. The molecule has 0 aliphatic heterocycles. The summed E-state index contributed by atoms with van der Waals surface area (Å²) in [4.78, 5) is 0. The first-order valence-electron chi connectivity index (χ1n) is 5.94. The van der Waals surface area contributed by atoms with Gasteiger partial charge >= 0.3 is 7.12 Å². The molecule has 4 nitrogen and oxygen atoms in total. The van der Waals surface area contributed by atoms with E-state index in [1.807, 2.05) is 13.8 Å². The predicted octanol–water partition coefficient (Wildman–Crippen LogP) is 0.944. The van der Waals surface area contributed by atoms with Crippen molar-refractivity contribution in [3.05, 3.63) is 18.2 Å². The van der Waals surface area contributed by atoms with Crippen LogP contribution in [0, 0.1) is 0 Å². The third-order valence-corrected chi connectivity index (χ3v) is 2.20. The molecule has 0 heterocycles. The summed E-state index contributed by atoms with van der Waals surface area (Å²) >= 11 is 0. The van der Waals surface area contributed by atoms with Crippen molar-refractivity contribution in [1.29, 1.82) is 0 Å². The third-order valence-electron chi connectivity index (χ3n) is 2.20. The van der Waals surface area contributed by atoms with Crippen LogP contribution in [0.3, 0.4) is 0 Å². The zero-order valence-electron chi connectivity index (χ0n) is 10.3. The molecule has 0 radical (unpaired) electrons. The van der Waals surface area contributed by atoms with Crippen LogP contribution in [-0.2, 0) is 0 Å². The lowest BCUT2D eigenvalue weighted by Gasteiger charge is -2.12. The van der Waals surface area contributed by atoms with Crippen LogP contribution in [0.2, 0.25) is 0 Å². The summed E-state index contributed by atoms with van der Waals surface area (Å²) in [6.45, 7) is 5.19. The van der Waals surface area contributed by atoms with Crippen LogP contribution in [0.4, 0.5) is 0 Å². The standard InChI is InChI=1S/C12H19BO4/c1-3-7-16-10-5-6-11(13(14)15)12(9-10)17-8-4-2/h5-6,9,14-15H,3-4,7-8H2,1-2H3. The van der Waals surface area contributed by atoms with Crippen molar-refractivity contribution in [2.45, 2.75) is 26.7 Å². The second-order valence-corrected chi connectivity index (χ2v) is 3.77. The lowest BCUT2D eigenvalue weighted by atomic mass is 9.79. The van der Waals surface area contributed by atoms with Crippen molar-refractivity contribution < 1.29 is 19.5 Å². The Balaban J connectivity index is 2.84. The van der Waals surface area contributed by atoms with Gasteiger partial charge in [-0.1, -0.05) is 19.9 Å². The minimum atomic E-state index is -1.53. The van der Waals surface area contributed by atoms with Gasteiger partial charge in [-0.3, -0.25) is 0 Å². The smallest absolute Gasteiger partial charge is 0.492 e. The molecule has 0 spiro atoms. The van der Waals surface area contributed by atoms with Crippen LogP contribution in [0.5, 0.6) is 11.5 Å². The molecular weight excluding hydrogens is 219 g/mol. The molecule has 0 amide bonds. The molecule has 1 rings (SSSR count). The number of ether oxygens (including phenoxy) is 2. The van der Waals surface area contributed by atoms with Gasteiger partial charge in [-0.2, -0.15) is 0 Å². The Morgan fingerprint density at radius 2 is 1.71 bits per heavy atom. The van der Waals surface area contributed by atoms with Gasteiger partial charge in [-0.25, -0.2) is 0 Å². The predicted molar refractivity (Wildman–Crippen MR) is 67.8 cm³/mol. The molecule has 2 N–H and O–H groups in total. The first-order valence-corrected chi connectivity index (χ1v) is 5.94. The van der Waals surface area contributed by atoms with E-state index < -0.39 is 7.12 Å². The molecule has 94 valence electrons. The fourth-order valence-corrected chi connectivity index (χ4v) is 1.37. The van der Waals surface area contributed by atoms with E-state index in [-0.39, 0.29) is 0 Å². The van der Waals surface area contributed by atoms with Gasteiger partial charge in [-0.05, 0) is 18.9 Å². The minimum absolute atomic E-state index is 0.363. The largest absolute Gasteiger partial charge is 0.494 e. The molecule has 17 heavy (non-hydrogen) atoms. The Morgan fingerprint density at radius 1 is 1.06 bits per heavy atom. The summed E-state index contributed by atoms with van der Waals surface area (Å²) in [6, 6.07) is 5.02. The number of rotatable bonds is 7. The summed E-state index contributed by atoms with van der Waals surface area (Å²) in [7, 11) is -1.53. The second-order valence-electron chi connectivity index (χ2n) is 3.77. The molecule has 0 saturated heterocycles. The molecule has 0 aliphatic carbocycles. The van der Waals surface area contributed by atoms with E-state index in [1.165, 1.54) is 0 Å². The zero-order chi connectivity index (χ0) is 12.7. The van der Waals surface area contributed by atoms with Crippen molar-refractivity contribution in [2.24, 2.45) is 0 Å². The molecule has 0 saturated carbocycles. The van der Waals surface area contributed by atoms with Crippen molar-refractivity contribution in [1.82, 2.24) is 0 Å². The van der Waals surface area contributed by atoms with E-state index in [0.717, 1.165) is 12.8 Å². The summed E-state index contributed by atoms with van der Waals surface area (Å²) in [5.74, 6) is 1.15. The summed E-state index contributed by atoms with van der Waals surface area (Å²) in [5.41, 5.74) is 0.363. The monoisotopic (exact) mass is 238 g/mol. The van der Waals surface area contributed by atoms with E-state index in [4.69, 9.17) is 9.47 Å². The highest BCUT2D eigenvalue weighted by Gasteiger charge is 2.17. The van der Waals surface area contributed by atoms with Crippen LogP contribution in [0.1, 0.15) is 26.7 Å². The first-order chi connectivity index (χ1) is 8.19. The Morgan fingerprint density at radius 3 is 2.29 bits per heavy atom. The number of hydrogen-bond donors (Lipinski definition) is 2. The van der Waals surface area contributed by atoms with E-state index in [1.54, 1.807) is 18.2 Å². The molecule has 0 bridgehead atoms. The van der Waals surface area contributed by atoms with Gasteiger partial charge in [0.1, 0.15) is 11.5 Å². The lowest BCUT2D eigenvalue weighted by molar-refractivity contribution is 0.302. The quantitative estimate of drug-likeness (QED) is 0.694. The van der Waals surface area contributed by atoms with E-state index in [9.17, 15) is 10.0 Å². The number of hydrogen-bond acceptors (Lipinski definition) is 4. The van der Waals surface area contributed by atoms with Gasteiger partial charge in [0.25, 0.3) is 0 Å². The molecule has 0 atom stereocenters. The fourth-order valence-electron chi connectivity index (χ4n) is 1.37. The maximum absolute atomic E-state index is 9.21. The maximum atomic E-state index is 9.21. The average Bonchev–Trinajstić information content (AvgIpc) is 2.33. The highest BCUT2D eigenvalue weighted by atomic mass is 16.5. The minimum Gasteiger partial charge on any atom is -0.494 e. The van der Waals surface area contributed by atoms with Gasteiger partial charge in [0.05, 0.1) is 13.2 Å². The topological polar surface area (TPSA) is 58.9 Å². The highest BCUT2D eigenvalue weighted by Crippen LogP contribution is 2.18. The Labute approximate surface area is 102 Å². The molecule has 0 unspecified atom stereocenters. The van der Waals surface area contributed by atoms with Crippen LogP contribution >= 0.6 is 0 Å².